The number of aromatic nitrogens is 3. The lowest BCUT2D eigenvalue weighted by Gasteiger charge is -2.16. The number of carbonyl (C=O) groups excluding carboxylic acids is 1. The quantitative estimate of drug-likeness (QED) is 0.729. The third kappa shape index (κ3) is 2.46. The number of aryl methyl sites for hydroxylation is 2. The molecule has 4 rings (SSSR count). The number of fused-ring (bicyclic) bond motifs is 1. The minimum atomic E-state index is 0.106. The van der Waals surface area contributed by atoms with Crippen LogP contribution in [-0.2, 0) is 7.05 Å². The van der Waals surface area contributed by atoms with Crippen LogP contribution in [0.1, 0.15) is 34.1 Å². The molecule has 1 saturated heterocycles. The smallest absolute Gasteiger partial charge is 0.253 e. The molecule has 2 aromatic heterocycles. The van der Waals surface area contributed by atoms with Gasteiger partial charge in [-0.05, 0) is 37.6 Å². The maximum atomic E-state index is 12.7. The minimum absolute atomic E-state index is 0.106. The van der Waals surface area contributed by atoms with Crippen molar-refractivity contribution in [2.24, 2.45) is 7.05 Å². The van der Waals surface area contributed by atoms with Gasteiger partial charge in [-0.25, -0.2) is 9.97 Å². The molecule has 1 aromatic carbocycles. The van der Waals surface area contributed by atoms with Crippen LogP contribution in [0.3, 0.4) is 0 Å². The monoisotopic (exact) mass is 320 g/mol. The molecule has 122 valence electrons. The predicted molar refractivity (Wildman–Crippen MR) is 92.9 cm³/mol. The number of nitrogens with zero attached hydrogens (tertiary/aromatic N) is 4. The highest BCUT2D eigenvalue weighted by molar-refractivity contribution is 5.94. The number of imidazole rings is 1. The van der Waals surface area contributed by atoms with Crippen LogP contribution in [0.4, 0.5) is 0 Å². The van der Waals surface area contributed by atoms with Crippen molar-refractivity contribution in [3.8, 4) is 0 Å². The van der Waals surface area contributed by atoms with Crippen molar-refractivity contribution >= 4 is 17.1 Å². The molecule has 5 heteroatoms. The van der Waals surface area contributed by atoms with Crippen LogP contribution in [0, 0.1) is 6.92 Å². The van der Waals surface area contributed by atoms with Gasteiger partial charge in [-0.1, -0.05) is 17.7 Å². The van der Waals surface area contributed by atoms with E-state index in [0.29, 0.717) is 6.54 Å². The number of amides is 1. The van der Waals surface area contributed by atoms with E-state index in [1.807, 2.05) is 55.3 Å². The van der Waals surface area contributed by atoms with Gasteiger partial charge in [0.1, 0.15) is 11.3 Å². The van der Waals surface area contributed by atoms with Crippen molar-refractivity contribution in [1.82, 2.24) is 19.4 Å². The third-order valence-electron chi connectivity index (χ3n) is 4.80. The Labute approximate surface area is 140 Å². The number of rotatable bonds is 2. The molecule has 0 spiro atoms. The second-order valence-corrected chi connectivity index (χ2v) is 6.48. The van der Waals surface area contributed by atoms with Gasteiger partial charge < -0.3 is 9.47 Å². The van der Waals surface area contributed by atoms with E-state index >= 15 is 0 Å². The average molecular weight is 320 g/mol. The van der Waals surface area contributed by atoms with E-state index < -0.39 is 0 Å². The lowest BCUT2D eigenvalue weighted by molar-refractivity contribution is 0.0790. The summed E-state index contributed by atoms with van der Waals surface area (Å²) in [6, 6.07) is 11.7. The fourth-order valence-corrected chi connectivity index (χ4v) is 3.44. The van der Waals surface area contributed by atoms with Crippen molar-refractivity contribution in [2.75, 3.05) is 13.1 Å². The van der Waals surface area contributed by atoms with Crippen molar-refractivity contribution in [3.63, 3.8) is 0 Å². The maximum Gasteiger partial charge on any atom is 0.253 e. The molecule has 24 heavy (non-hydrogen) atoms. The lowest BCUT2D eigenvalue weighted by atomic mass is 10.1. The minimum Gasteiger partial charge on any atom is -0.338 e. The van der Waals surface area contributed by atoms with Crippen LogP contribution in [0.25, 0.3) is 11.2 Å². The Morgan fingerprint density at radius 1 is 1.21 bits per heavy atom. The van der Waals surface area contributed by atoms with Crippen LogP contribution in [0.2, 0.25) is 0 Å². The Bertz CT molecular complexity index is 897. The summed E-state index contributed by atoms with van der Waals surface area (Å²) in [5.74, 6) is 1.39. The van der Waals surface area contributed by atoms with E-state index in [0.717, 1.165) is 41.1 Å². The van der Waals surface area contributed by atoms with E-state index in [9.17, 15) is 4.79 Å². The highest BCUT2D eigenvalue weighted by atomic mass is 16.2. The first-order valence-electron chi connectivity index (χ1n) is 8.27. The maximum absolute atomic E-state index is 12.7. The molecule has 5 nitrogen and oxygen atoms in total. The van der Waals surface area contributed by atoms with Gasteiger partial charge in [0.2, 0.25) is 0 Å². The number of pyridine rings is 1. The number of benzene rings is 1. The first-order chi connectivity index (χ1) is 11.6. The largest absolute Gasteiger partial charge is 0.338 e. The lowest BCUT2D eigenvalue weighted by Crippen LogP contribution is -2.28. The van der Waals surface area contributed by atoms with Gasteiger partial charge >= 0.3 is 0 Å². The second-order valence-electron chi connectivity index (χ2n) is 6.48. The average Bonchev–Trinajstić information content (AvgIpc) is 3.20. The summed E-state index contributed by atoms with van der Waals surface area (Å²) in [6.07, 6.45) is 2.73. The van der Waals surface area contributed by atoms with Crippen molar-refractivity contribution in [3.05, 3.63) is 59.5 Å². The zero-order valence-corrected chi connectivity index (χ0v) is 13.9. The summed E-state index contributed by atoms with van der Waals surface area (Å²) in [5.41, 5.74) is 3.74. The highest BCUT2D eigenvalue weighted by Gasteiger charge is 2.31. The summed E-state index contributed by atoms with van der Waals surface area (Å²) < 4.78 is 2.06. The van der Waals surface area contributed by atoms with E-state index in [4.69, 9.17) is 4.98 Å². The Hall–Kier alpha value is -2.69. The molecule has 1 aliphatic rings. The topological polar surface area (TPSA) is 51.0 Å². The molecule has 1 fully saturated rings. The SMILES string of the molecule is Cc1ccc(C(=O)N2CC[C@@H](c3nc4cccnc4n3C)C2)cc1. The van der Waals surface area contributed by atoms with E-state index in [1.165, 1.54) is 0 Å². The van der Waals surface area contributed by atoms with E-state index in [1.54, 1.807) is 6.20 Å². The number of hydrogen-bond acceptors (Lipinski definition) is 3. The fourth-order valence-electron chi connectivity index (χ4n) is 3.44. The van der Waals surface area contributed by atoms with Gasteiger partial charge in [-0.2, -0.15) is 0 Å². The van der Waals surface area contributed by atoms with Crippen LogP contribution in [0.5, 0.6) is 0 Å². The normalized spacial score (nSPS) is 17.6. The summed E-state index contributed by atoms with van der Waals surface area (Å²) in [5, 5.41) is 0. The Balaban J connectivity index is 1.56. The van der Waals surface area contributed by atoms with Gasteiger partial charge in [0.15, 0.2) is 5.65 Å². The van der Waals surface area contributed by atoms with Gasteiger partial charge in [0.05, 0.1) is 0 Å². The van der Waals surface area contributed by atoms with Crippen LogP contribution < -0.4 is 0 Å². The first kappa shape index (κ1) is 14.9. The molecular weight excluding hydrogens is 300 g/mol. The van der Waals surface area contributed by atoms with Crippen molar-refractivity contribution in [1.29, 1.82) is 0 Å². The Morgan fingerprint density at radius 3 is 2.75 bits per heavy atom. The van der Waals surface area contributed by atoms with E-state index in [2.05, 4.69) is 9.55 Å². The summed E-state index contributed by atoms with van der Waals surface area (Å²) >= 11 is 0. The number of likely N-dealkylation sites (tertiary alicyclic amines) is 1. The van der Waals surface area contributed by atoms with Crippen molar-refractivity contribution < 1.29 is 4.79 Å². The second kappa shape index (κ2) is 5.74. The zero-order chi connectivity index (χ0) is 16.7. The van der Waals surface area contributed by atoms with Crippen LogP contribution >= 0.6 is 0 Å². The Kier molecular flexibility index (Phi) is 3.56. The summed E-state index contributed by atoms with van der Waals surface area (Å²) in [4.78, 5) is 23.7. The third-order valence-corrected chi connectivity index (χ3v) is 4.80. The molecule has 0 bridgehead atoms. The first-order valence-corrected chi connectivity index (χ1v) is 8.27. The molecule has 0 unspecified atom stereocenters. The zero-order valence-electron chi connectivity index (χ0n) is 13.9. The number of hydrogen-bond donors (Lipinski definition) is 0. The molecule has 1 atom stereocenters. The van der Waals surface area contributed by atoms with Gasteiger partial charge in [-0.3, -0.25) is 4.79 Å². The van der Waals surface area contributed by atoms with E-state index in [-0.39, 0.29) is 11.8 Å². The Morgan fingerprint density at radius 2 is 2.00 bits per heavy atom. The molecule has 3 aromatic rings. The van der Waals surface area contributed by atoms with Crippen LogP contribution in [0.15, 0.2) is 42.6 Å². The van der Waals surface area contributed by atoms with Gasteiger partial charge in [-0.15, -0.1) is 0 Å². The fraction of sp³-hybridized carbons (Fsp3) is 0.316. The predicted octanol–water partition coefficient (Wildman–Crippen LogP) is 2.91. The van der Waals surface area contributed by atoms with Crippen LogP contribution in [-0.4, -0.2) is 38.4 Å². The summed E-state index contributed by atoms with van der Waals surface area (Å²) in [6.45, 7) is 3.51. The molecule has 0 saturated carbocycles. The molecule has 1 amide bonds. The van der Waals surface area contributed by atoms with Gasteiger partial charge in [0, 0.05) is 37.8 Å². The highest BCUT2D eigenvalue weighted by Crippen LogP contribution is 2.29. The molecule has 0 N–H and O–H groups in total. The number of carbonyl (C=O) groups is 1. The van der Waals surface area contributed by atoms with Crippen molar-refractivity contribution in [2.45, 2.75) is 19.3 Å². The van der Waals surface area contributed by atoms with Gasteiger partial charge in [0.25, 0.3) is 5.91 Å². The molecular formula is C19H20N4O. The molecule has 0 aliphatic carbocycles. The molecule has 3 heterocycles. The molecule has 0 radical (unpaired) electrons. The standard InChI is InChI=1S/C19H20N4O/c1-13-5-7-14(8-6-13)19(24)23-11-9-15(12-23)17-21-16-4-3-10-20-18(16)22(17)2/h3-8,10,15H,9,11-12H2,1-2H3/t15-/m1/s1. The summed E-state index contributed by atoms with van der Waals surface area (Å²) in [7, 11) is 2.00. The molecule has 1 aliphatic heterocycles.